The largest absolute Gasteiger partial charge is 0.252 e. The van der Waals surface area contributed by atoms with Crippen molar-refractivity contribution in [2.45, 2.75) is 0 Å². The van der Waals surface area contributed by atoms with E-state index in [4.69, 9.17) is 5.26 Å². The summed E-state index contributed by atoms with van der Waals surface area (Å²) in [5, 5.41) is 12.5. The Morgan fingerprint density at radius 3 is 3.17 bits per heavy atom. The predicted molar refractivity (Wildman–Crippen MR) is 45.4 cm³/mol. The molecule has 0 bridgehead atoms. The van der Waals surface area contributed by atoms with E-state index in [1.54, 1.807) is 10.7 Å². The lowest BCUT2D eigenvalue weighted by atomic mass is 10.5. The SMILES string of the molecule is N#Cc1nc(Br)c2cccn2n1. The summed E-state index contributed by atoms with van der Waals surface area (Å²) in [6.45, 7) is 0. The summed E-state index contributed by atoms with van der Waals surface area (Å²) in [5.41, 5.74) is 0.856. The molecule has 0 saturated heterocycles. The lowest BCUT2D eigenvalue weighted by molar-refractivity contribution is 0.874. The van der Waals surface area contributed by atoms with Gasteiger partial charge in [-0.15, -0.1) is 5.10 Å². The zero-order valence-electron chi connectivity index (χ0n) is 5.90. The number of hydrogen-bond acceptors (Lipinski definition) is 3. The van der Waals surface area contributed by atoms with Crippen molar-refractivity contribution in [3.8, 4) is 6.07 Å². The molecule has 0 saturated carbocycles. The first-order valence-electron chi connectivity index (χ1n) is 3.22. The van der Waals surface area contributed by atoms with Crippen LogP contribution in [0.25, 0.3) is 5.52 Å². The van der Waals surface area contributed by atoms with E-state index in [-0.39, 0.29) is 5.82 Å². The highest BCUT2D eigenvalue weighted by Crippen LogP contribution is 2.14. The maximum atomic E-state index is 8.55. The highest BCUT2D eigenvalue weighted by Gasteiger charge is 2.02. The summed E-state index contributed by atoms with van der Waals surface area (Å²) >= 11 is 3.24. The minimum atomic E-state index is 0.158. The summed E-state index contributed by atoms with van der Waals surface area (Å²) < 4.78 is 2.24. The molecule has 2 aromatic heterocycles. The normalized spacial score (nSPS) is 10.0. The fourth-order valence-corrected chi connectivity index (χ4v) is 1.43. The van der Waals surface area contributed by atoms with Crippen molar-refractivity contribution >= 4 is 21.4 Å². The number of halogens is 1. The van der Waals surface area contributed by atoms with Crippen molar-refractivity contribution in [2.24, 2.45) is 0 Å². The molecule has 0 aromatic carbocycles. The number of rotatable bonds is 0. The molecular weight excluding hydrogens is 220 g/mol. The predicted octanol–water partition coefficient (Wildman–Crippen LogP) is 1.36. The number of nitriles is 1. The van der Waals surface area contributed by atoms with Gasteiger partial charge in [0, 0.05) is 6.20 Å². The van der Waals surface area contributed by atoms with Gasteiger partial charge in [-0.25, -0.2) is 9.50 Å². The third kappa shape index (κ3) is 0.970. The molecule has 0 N–H and O–H groups in total. The molecule has 0 fully saturated rings. The molecule has 12 heavy (non-hydrogen) atoms. The van der Waals surface area contributed by atoms with Crippen LogP contribution in [0.1, 0.15) is 5.82 Å². The lowest BCUT2D eigenvalue weighted by Crippen LogP contribution is -1.97. The van der Waals surface area contributed by atoms with Crippen molar-refractivity contribution in [1.29, 1.82) is 5.26 Å². The fourth-order valence-electron chi connectivity index (χ4n) is 0.945. The second-order valence-electron chi connectivity index (χ2n) is 2.18. The fraction of sp³-hybridized carbons (Fsp3) is 0. The van der Waals surface area contributed by atoms with Gasteiger partial charge in [-0.3, -0.25) is 0 Å². The number of nitrogens with zero attached hydrogens (tertiary/aromatic N) is 4. The molecule has 2 heterocycles. The van der Waals surface area contributed by atoms with Crippen molar-refractivity contribution in [3.63, 3.8) is 0 Å². The standard InChI is InChI=1S/C7H3BrN4/c8-7-5-2-1-3-12(5)11-6(4-9)10-7/h1-3H. The summed E-state index contributed by atoms with van der Waals surface area (Å²) in [7, 11) is 0. The van der Waals surface area contributed by atoms with Crippen LogP contribution in [0.15, 0.2) is 22.9 Å². The molecule has 58 valence electrons. The highest BCUT2D eigenvalue weighted by molar-refractivity contribution is 9.10. The van der Waals surface area contributed by atoms with Crippen molar-refractivity contribution in [3.05, 3.63) is 28.8 Å². The Morgan fingerprint density at radius 2 is 2.42 bits per heavy atom. The van der Waals surface area contributed by atoms with E-state index in [0.29, 0.717) is 4.60 Å². The molecule has 0 radical (unpaired) electrons. The van der Waals surface area contributed by atoms with Crippen LogP contribution >= 0.6 is 15.9 Å². The van der Waals surface area contributed by atoms with Gasteiger partial charge in [-0.2, -0.15) is 5.26 Å². The second kappa shape index (κ2) is 2.57. The van der Waals surface area contributed by atoms with E-state index in [9.17, 15) is 0 Å². The zero-order valence-corrected chi connectivity index (χ0v) is 7.48. The molecular formula is C7H3BrN4. The van der Waals surface area contributed by atoms with Gasteiger partial charge < -0.3 is 0 Å². The molecule has 0 unspecified atom stereocenters. The molecule has 5 heteroatoms. The Kier molecular flexibility index (Phi) is 1.55. The number of aromatic nitrogens is 3. The molecule has 0 aliphatic heterocycles. The molecule has 0 aliphatic rings. The first kappa shape index (κ1) is 7.25. The zero-order chi connectivity index (χ0) is 8.55. The Morgan fingerprint density at radius 1 is 1.58 bits per heavy atom. The third-order valence-corrected chi connectivity index (χ3v) is 2.03. The molecule has 4 nitrogen and oxygen atoms in total. The van der Waals surface area contributed by atoms with E-state index in [1.165, 1.54) is 0 Å². The monoisotopic (exact) mass is 222 g/mol. The molecule has 0 atom stereocenters. The van der Waals surface area contributed by atoms with Gasteiger partial charge in [0.05, 0.1) is 5.52 Å². The Hall–Kier alpha value is -1.41. The van der Waals surface area contributed by atoms with Gasteiger partial charge in [0.2, 0.25) is 0 Å². The van der Waals surface area contributed by atoms with Crippen molar-refractivity contribution < 1.29 is 0 Å². The Balaban J connectivity index is 2.86. The third-order valence-electron chi connectivity index (χ3n) is 1.45. The van der Waals surface area contributed by atoms with Crippen LogP contribution in [0, 0.1) is 11.3 Å². The van der Waals surface area contributed by atoms with Gasteiger partial charge in [0.15, 0.2) is 0 Å². The van der Waals surface area contributed by atoms with Gasteiger partial charge in [0.1, 0.15) is 10.7 Å². The summed E-state index contributed by atoms with van der Waals surface area (Å²) in [5.74, 6) is 0.158. The van der Waals surface area contributed by atoms with Gasteiger partial charge in [-0.05, 0) is 28.1 Å². The Bertz CT molecular complexity index is 468. The average Bonchev–Trinajstić information content (AvgIpc) is 2.52. The molecule has 2 aromatic rings. The second-order valence-corrected chi connectivity index (χ2v) is 2.93. The van der Waals surface area contributed by atoms with Crippen LogP contribution in [0.4, 0.5) is 0 Å². The van der Waals surface area contributed by atoms with Gasteiger partial charge >= 0.3 is 0 Å². The highest BCUT2D eigenvalue weighted by atomic mass is 79.9. The van der Waals surface area contributed by atoms with Crippen LogP contribution in [-0.4, -0.2) is 14.6 Å². The average molecular weight is 223 g/mol. The smallest absolute Gasteiger partial charge is 0.235 e. The Labute approximate surface area is 76.6 Å². The van der Waals surface area contributed by atoms with Crippen LogP contribution in [-0.2, 0) is 0 Å². The van der Waals surface area contributed by atoms with Gasteiger partial charge in [-0.1, -0.05) is 0 Å². The minimum absolute atomic E-state index is 0.158. The van der Waals surface area contributed by atoms with Crippen molar-refractivity contribution in [2.75, 3.05) is 0 Å². The lowest BCUT2D eigenvalue weighted by Gasteiger charge is -1.95. The first-order valence-corrected chi connectivity index (χ1v) is 4.01. The summed E-state index contributed by atoms with van der Waals surface area (Å²) in [6, 6.07) is 5.59. The van der Waals surface area contributed by atoms with E-state index < -0.39 is 0 Å². The van der Waals surface area contributed by atoms with Crippen molar-refractivity contribution in [1.82, 2.24) is 14.6 Å². The van der Waals surface area contributed by atoms with Crippen LogP contribution in [0.3, 0.4) is 0 Å². The summed E-state index contributed by atoms with van der Waals surface area (Å²) in [4.78, 5) is 3.92. The van der Waals surface area contributed by atoms with Crippen LogP contribution < -0.4 is 0 Å². The topological polar surface area (TPSA) is 54.0 Å². The molecule has 0 amide bonds. The maximum Gasteiger partial charge on any atom is 0.252 e. The van der Waals surface area contributed by atoms with Crippen LogP contribution in [0.5, 0.6) is 0 Å². The summed E-state index contributed by atoms with van der Waals surface area (Å²) in [6.07, 6.45) is 1.77. The quantitative estimate of drug-likeness (QED) is 0.677. The van der Waals surface area contributed by atoms with Crippen LogP contribution in [0.2, 0.25) is 0 Å². The molecule has 0 spiro atoms. The number of fused-ring (bicyclic) bond motifs is 1. The van der Waals surface area contributed by atoms with E-state index in [0.717, 1.165) is 5.52 Å². The minimum Gasteiger partial charge on any atom is -0.235 e. The maximum absolute atomic E-state index is 8.55. The first-order chi connectivity index (χ1) is 5.81. The van der Waals surface area contributed by atoms with Gasteiger partial charge in [0.25, 0.3) is 5.82 Å². The van der Waals surface area contributed by atoms with E-state index in [1.807, 2.05) is 18.2 Å². The van der Waals surface area contributed by atoms with E-state index in [2.05, 4.69) is 26.0 Å². The molecule has 0 aliphatic carbocycles. The molecule has 2 rings (SSSR count). The van der Waals surface area contributed by atoms with E-state index >= 15 is 0 Å². The number of hydrogen-bond donors (Lipinski definition) is 0.